The lowest BCUT2D eigenvalue weighted by atomic mass is 10.2. The standard InChI is InChI=1S/C26H33N5O2/c1-27-26(29-18-19-8-6-10-21(14-19)31-12-4-5-13-31)28-11-7-9-20-15-23-24(30-20)16-22(32-2)17-25(23)33-3/h4-6,8,10,14-17,30H,7,9,11-13,18H2,1-3H3,(H2,27,28,29). The van der Waals surface area contributed by atoms with Crippen molar-refractivity contribution in [3.05, 3.63) is 65.9 Å². The summed E-state index contributed by atoms with van der Waals surface area (Å²) in [6.45, 7) is 3.53. The van der Waals surface area contributed by atoms with Gasteiger partial charge in [-0.25, -0.2) is 0 Å². The largest absolute Gasteiger partial charge is 0.497 e. The molecule has 0 saturated heterocycles. The summed E-state index contributed by atoms with van der Waals surface area (Å²) in [5.74, 6) is 2.41. The SMILES string of the molecule is CN=C(NCCCc1cc2c(OC)cc(OC)cc2[nH]1)NCc1cccc(N2CC=CC2)c1. The third-order valence-electron chi connectivity index (χ3n) is 5.88. The molecule has 0 fully saturated rings. The Kier molecular flexibility index (Phi) is 7.40. The van der Waals surface area contributed by atoms with Crippen molar-refractivity contribution in [2.24, 2.45) is 4.99 Å². The average Bonchev–Trinajstić information content (AvgIpc) is 3.53. The van der Waals surface area contributed by atoms with Crippen LogP contribution >= 0.6 is 0 Å². The van der Waals surface area contributed by atoms with Crippen molar-refractivity contribution in [1.82, 2.24) is 15.6 Å². The van der Waals surface area contributed by atoms with Gasteiger partial charge in [0.05, 0.1) is 19.7 Å². The summed E-state index contributed by atoms with van der Waals surface area (Å²) in [5, 5.41) is 7.91. The number of anilines is 1. The van der Waals surface area contributed by atoms with Crippen molar-refractivity contribution in [2.75, 3.05) is 45.8 Å². The molecule has 0 amide bonds. The van der Waals surface area contributed by atoms with Crippen molar-refractivity contribution in [2.45, 2.75) is 19.4 Å². The zero-order valence-electron chi connectivity index (χ0n) is 19.6. The highest BCUT2D eigenvalue weighted by Crippen LogP contribution is 2.31. The fourth-order valence-corrected chi connectivity index (χ4v) is 4.10. The summed E-state index contributed by atoms with van der Waals surface area (Å²) in [5.41, 5.74) is 4.70. The van der Waals surface area contributed by atoms with E-state index in [0.29, 0.717) is 0 Å². The third kappa shape index (κ3) is 5.61. The lowest BCUT2D eigenvalue weighted by Crippen LogP contribution is -2.37. The Morgan fingerprint density at radius 3 is 2.67 bits per heavy atom. The Labute approximate surface area is 195 Å². The Balaban J connectivity index is 1.25. The number of aromatic nitrogens is 1. The summed E-state index contributed by atoms with van der Waals surface area (Å²) in [7, 11) is 5.15. The Morgan fingerprint density at radius 2 is 1.91 bits per heavy atom. The first kappa shape index (κ1) is 22.6. The first-order valence-electron chi connectivity index (χ1n) is 11.4. The van der Waals surface area contributed by atoms with Gasteiger partial charge in [0, 0.05) is 62.1 Å². The maximum atomic E-state index is 5.51. The van der Waals surface area contributed by atoms with Gasteiger partial charge in [0.15, 0.2) is 5.96 Å². The molecule has 0 saturated carbocycles. The monoisotopic (exact) mass is 447 g/mol. The van der Waals surface area contributed by atoms with E-state index in [4.69, 9.17) is 9.47 Å². The number of ether oxygens (including phenoxy) is 2. The van der Waals surface area contributed by atoms with Gasteiger partial charge in [-0.3, -0.25) is 4.99 Å². The molecule has 0 radical (unpaired) electrons. The second-order valence-corrected chi connectivity index (χ2v) is 8.09. The number of hydrogen-bond donors (Lipinski definition) is 3. The highest BCUT2D eigenvalue weighted by Gasteiger charge is 2.10. The lowest BCUT2D eigenvalue weighted by molar-refractivity contribution is 0.398. The topological polar surface area (TPSA) is 73.9 Å². The maximum Gasteiger partial charge on any atom is 0.191 e. The molecule has 0 spiro atoms. The van der Waals surface area contributed by atoms with E-state index in [0.717, 1.165) is 67.4 Å². The second-order valence-electron chi connectivity index (χ2n) is 8.09. The number of H-pyrrole nitrogens is 1. The number of benzene rings is 2. The van der Waals surface area contributed by atoms with Crippen LogP contribution in [0.5, 0.6) is 11.5 Å². The van der Waals surface area contributed by atoms with Gasteiger partial charge in [0.25, 0.3) is 0 Å². The van der Waals surface area contributed by atoms with Gasteiger partial charge in [-0.15, -0.1) is 0 Å². The predicted octanol–water partition coefficient (Wildman–Crippen LogP) is 3.86. The van der Waals surface area contributed by atoms with Crippen molar-refractivity contribution >= 4 is 22.5 Å². The molecule has 7 heteroatoms. The van der Waals surface area contributed by atoms with E-state index in [1.54, 1.807) is 21.3 Å². The summed E-state index contributed by atoms with van der Waals surface area (Å²) in [6.07, 6.45) is 6.32. The van der Waals surface area contributed by atoms with Gasteiger partial charge in [-0.05, 0) is 36.6 Å². The molecule has 2 aromatic carbocycles. The summed E-state index contributed by atoms with van der Waals surface area (Å²) >= 11 is 0. The summed E-state index contributed by atoms with van der Waals surface area (Å²) in [6, 6.07) is 14.7. The molecule has 0 bridgehead atoms. The Morgan fingerprint density at radius 1 is 1.06 bits per heavy atom. The normalized spacial score (nSPS) is 13.5. The summed E-state index contributed by atoms with van der Waals surface area (Å²) < 4.78 is 10.9. The molecule has 1 aromatic heterocycles. The lowest BCUT2D eigenvalue weighted by Gasteiger charge is -2.19. The third-order valence-corrected chi connectivity index (χ3v) is 5.88. The van der Waals surface area contributed by atoms with Crippen LogP contribution < -0.4 is 25.0 Å². The first-order valence-corrected chi connectivity index (χ1v) is 11.4. The van der Waals surface area contributed by atoms with Crippen LogP contribution in [0.3, 0.4) is 0 Å². The van der Waals surface area contributed by atoms with Crippen molar-refractivity contribution in [3.8, 4) is 11.5 Å². The van der Waals surface area contributed by atoms with Crippen LogP contribution in [0.25, 0.3) is 10.9 Å². The number of fused-ring (bicyclic) bond motifs is 1. The molecule has 1 aliphatic rings. The maximum absolute atomic E-state index is 5.51. The molecule has 0 aliphatic carbocycles. The second kappa shape index (κ2) is 10.8. The molecule has 1 aliphatic heterocycles. The van der Waals surface area contributed by atoms with Crippen LogP contribution in [0, 0.1) is 0 Å². The predicted molar refractivity (Wildman–Crippen MR) is 136 cm³/mol. The van der Waals surface area contributed by atoms with E-state index in [2.05, 4.69) is 68.0 Å². The van der Waals surface area contributed by atoms with Crippen LogP contribution in [-0.4, -0.2) is 51.8 Å². The summed E-state index contributed by atoms with van der Waals surface area (Å²) in [4.78, 5) is 10.2. The van der Waals surface area contributed by atoms with Crippen molar-refractivity contribution in [1.29, 1.82) is 0 Å². The number of guanidine groups is 1. The van der Waals surface area contributed by atoms with Crippen LogP contribution in [-0.2, 0) is 13.0 Å². The van der Waals surface area contributed by atoms with E-state index in [1.807, 2.05) is 12.1 Å². The van der Waals surface area contributed by atoms with Crippen LogP contribution in [0.2, 0.25) is 0 Å². The minimum atomic E-state index is 0.735. The number of aromatic amines is 1. The zero-order chi connectivity index (χ0) is 23.0. The molecule has 3 N–H and O–H groups in total. The minimum absolute atomic E-state index is 0.735. The Bertz CT molecular complexity index is 1130. The molecule has 0 atom stereocenters. The molecule has 7 nitrogen and oxygen atoms in total. The minimum Gasteiger partial charge on any atom is -0.497 e. The average molecular weight is 448 g/mol. The van der Waals surface area contributed by atoms with Gasteiger partial charge < -0.3 is 30.0 Å². The highest BCUT2D eigenvalue weighted by atomic mass is 16.5. The molecular formula is C26H33N5O2. The number of nitrogens with zero attached hydrogens (tertiary/aromatic N) is 2. The van der Waals surface area contributed by atoms with Crippen molar-refractivity contribution in [3.63, 3.8) is 0 Å². The number of aryl methyl sites for hydroxylation is 1. The van der Waals surface area contributed by atoms with Crippen LogP contribution in [0.4, 0.5) is 5.69 Å². The highest BCUT2D eigenvalue weighted by molar-refractivity contribution is 5.88. The quantitative estimate of drug-likeness (QED) is 0.201. The number of aliphatic imine (C=N–C) groups is 1. The molecule has 3 aromatic rings. The molecule has 4 rings (SSSR count). The van der Waals surface area contributed by atoms with Gasteiger partial charge in [-0.2, -0.15) is 0 Å². The van der Waals surface area contributed by atoms with Gasteiger partial charge in [0.1, 0.15) is 11.5 Å². The fourth-order valence-electron chi connectivity index (χ4n) is 4.10. The number of nitrogens with one attached hydrogen (secondary N) is 3. The molecular weight excluding hydrogens is 414 g/mol. The Hall–Kier alpha value is -3.61. The first-order chi connectivity index (χ1) is 16.2. The molecule has 174 valence electrons. The fraction of sp³-hybridized carbons (Fsp3) is 0.346. The molecule has 33 heavy (non-hydrogen) atoms. The van der Waals surface area contributed by atoms with Crippen LogP contribution in [0.1, 0.15) is 17.7 Å². The van der Waals surface area contributed by atoms with Gasteiger partial charge in [-0.1, -0.05) is 24.3 Å². The van der Waals surface area contributed by atoms with E-state index >= 15 is 0 Å². The molecule has 2 heterocycles. The zero-order valence-corrected chi connectivity index (χ0v) is 19.6. The molecule has 0 unspecified atom stereocenters. The number of methoxy groups -OCH3 is 2. The van der Waals surface area contributed by atoms with E-state index < -0.39 is 0 Å². The van der Waals surface area contributed by atoms with E-state index in [1.165, 1.54) is 16.9 Å². The van der Waals surface area contributed by atoms with E-state index in [9.17, 15) is 0 Å². The van der Waals surface area contributed by atoms with Crippen molar-refractivity contribution < 1.29 is 9.47 Å². The van der Waals surface area contributed by atoms with Gasteiger partial charge >= 0.3 is 0 Å². The smallest absolute Gasteiger partial charge is 0.191 e. The van der Waals surface area contributed by atoms with Crippen LogP contribution in [0.15, 0.2) is 59.6 Å². The van der Waals surface area contributed by atoms with Gasteiger partial charge in [0.2, 0.25) is 0 Å². The van der Waals surface area contributed by atoms with E-state index in [-0.39, 0.29) is 0 Å². The number of rotatable bonds is 9. The number of hydrogen-bond acceptors (Lipinski definition) is 4.